The molecule has 1 aliphatic heterocycles. The average Bonchev–Trinajstić information content (AvgIpc) is 2.85. The molecule has 0 spiro atoms. The monoisotopic (exact) mass is 432 g/mol. The molecule has 32 heavy (non-hydrogen) atoms. The van der Waals surface area contributed by atoms with E-state index in [9.17, 15) is 4.79 Å². The van der Waals surface area contributed by atoms with Gasteiger partial charge in [0.05, 0.1) is 12.8 Å². The third-order valence-electron chi connectivity index (χ3n) is 5.90. The van der Waals surface area contributed by atoms with Crippen LogP contribution in [0.5, 0.6) is 11.5 Å². The van der Waals surface area contributed by atoms with Crippen LogP contribution < -0.4 is 14.4 Å². The molecule has 0 radical (unpaired) electrons. The minimum absolute atomic E-state index is 0.00601. The van der Waals surface area contributed by atoms with E-state index in [1.807, 2.05) is 73.3 Å². The van der Waals surface area contributed by atoms with Gasteiger partial charge in [-0.1, -0.05) is 12.1 Å². The summed E-state index contributed by atoms with van der Waals surface area (Å²) in [6.45, 7) is 6.80. The number of benzene rings is 2. The van der Waals surface area contributed by atoms with Crippen molar-refractivity contribution in [2.75, 3.05) is 44.8 Å². The van der Waals surface area contributed by atoms with Crippen LogP contribution in [-0.2, 0) is 4.79 Å². The minimum Gasteiger partial charge on any atom is -0.497 e. The molecule has 0 unspecified atom stereocenters. The molecular formula is C25H28N4O3. The van der Waals surface area contributed by atoms with Crippen LogP contribution >= 0.6 is 0 Å². The zero-order valence-corrected chi connectivity index (χ0v) is 18.7. The predicted octanol–water partition coefficient (Wildman–Crippen LogP) is 3.50. The summed E-state index contributed by atoms with van der Waals surface area (Å²) in [5, 5.41) is 8.78. The highest BCUT2D eigenvalue weighted by Crippen LogP contribution is 2.23. The van der Waals surface area contributed by atoms with Gasteiger partial charge in [-0.3, -0.25) is 4.79 Å². The minimum atomic E-state index is 0.00601. The van der Waals surface area contributed by atoms with Crippen LogP contribution in [0, 0.1) is 13.8 Å². The maximum Gasteiger partial charge on any atom is 0.260 e. The molecule has 3 aromatic rings. The Bertz CT molecular complexity index is 1060. The van der Waals surface area contributed by atoms with Gasteiger partial charge in [0.15, 0.2) is 12.4 Å². The van der Waals surface area contributed by atoms with E-state index in [1.165, 1.54) is 0 Å². The summed E-state index contributed by atoms with van der Waals surface area (Å²) < 4.78 is 11.0. The number of hydrogen-bond acceptors (Lipinski definition) is 6. The Kier molecular flexibility index (Phi) is 6.54. The van der Waals surface area contributed by atoms with Gasteiger partial charge < -0.3 is 19.3 Å². The summed E-state index contributed by atoms with van der Waals surface area (Å²) in [5.41, 5.74) is 4.03. The van der Waals surface area contributed by atoms with E-state index in [0.717, 1.165) is 39.7 Å². The lowest BCUT2D eigenvalue weighted by Gasteiger charge is -2.35. The van der Waals surface area contributed by atoms with Gasteiger partial charge in [0.25, 0.3) is 5.91 Å². The van der Waals surface area contributed by atoms with Gasteiger partial charge >= 0.3 is 0 Å². The van der Waals surface area contributed by atoms with Gasteiger partial charge in [-0.25, -0.2) is 0 Å². The smallest absolute Gasteiger partial charge is 0.260 e. The van der Waals surface area contributed by atoms with Crippen LogP contribution in [0.3, 0.4) is 0 Å². The summed E-state index contributed by atoms with van der Waals surface area (Å²) in [4.78, 5) is 16.6. The Hall–Kier alpha value is -3.61. The van der Waals surface area contributed by atoms with Crippen LogP contribution in [0.1, 0.15) is 11.1 Å². The molecule has 0 atom stereocenters. The van der Waals surface area contributed by atoms with Gasteiger partial charge in [-0.05, 0) is 67.4 Å². The van der Waals surface area contributed by atoms with Crippen LogP contribution in [0.15, 0.2) is 54.6 Å². The molecule has 1 aromatic heterocycles. The molecule has 7 heteroatoms. The third-order valence-corrected chi connectivity index (χ3v) is 5.90. The number of hydrogen-bond donors (Lipinski definition) is 0. The fraction of sp³-hybridized carbons (Fsp3) is 0.320. The highest BCUT2D eigenvalue weighted by atomic mass is 16.5. The number of rotatable bonds is 6. The number of ether oxygens (including phenoxy) is 2. The molecule has 0 N–H and O–H groups in total. The van der Waals surface area contributed by atoms with Crippen LogP contribution in [0.4, 0.5) is 5.82 Å². The lowest BCUT2D eigenvalue weighted by Crippen LogP contribution is -2.50. The van der Waals surface area contributed by atoms with Crippen molar-refractivity contribution in [3.05, 3.63) is 65.7 Å². The zero-order chi connectivity index (χ0) is 22.5. The zero-order valence-electron chi connectivity index (χ0n) is 18.7. The first-order chi connectivity index (χ1) is 15.5. The summed E-state index contributed by atoms with van der Waals surface area (Å²) in [5.74, 6) is 2.40. The lowest BCUT2D eigenvalue weighted by atomic mass is 10.1. The number of carbonyl (C=O) groups excluding carboxylic acids is 1. The standard InChI is InChI=1S/C25H28N4O3/c1-18-5-4-6-23(19(18)2)32-17-25(30)29-15-13-28(14-16-29)24-12-11-22(26-27-24)20-7-9-21(31-3)10-8-20/h4-12H,13-17H2,1-3H3. The maximum absolute atomic E-state index is 12.6. The number of piperazine rings is 1. The summed E-state index contributed by atoms with van der Waals surface area (Å²) in [6.07, 6.45) is 0. The quantitative estimate of drug-likeness (QED) is 0.594. The molecule has 166 valence electrons. The van der Waals surface area contributed by atoms with Gasteiger partial charge in [0, 0.05) is 31.7 Å². The topological polar surface area (TPSA) is 67.8 Å². The number of amides is 1. The number of aromatic nitrogens is 2. The van der Waals surface area contributed by atoms with Crippen LogP contribution in [0.2, 0.25) is 0 Å². The van der Waals surface area contributed by atoms with Crippen molar-refractivity contribution >= 4 is 11.7 Å². The van der Waals surface area contributed by atoms with E-state index in [4.69, 9.17) is 9.47 Å². The first-order valence-electron chi connectivity index (χ1n) is 10.7. The summed E-state index contributed by atoms with van der Waals surface area (Å²) in [7, 11) is 1.65. The second kappa shape index (κ2) is 9.68. The van der Waals surface area contributed by atoms with E-state index in [1.54, 1.807) is 7.11 Å². The molecule has 0 saturated carbocycles. The molecule has 1 amide bonds. The van der Waals surface area contributed by atoms with Crippen molar-refractivity contribution in [2.24, 2.45) is 0 Å². The van der Waals surface area contributed by atoms with Crippen molar-refractivity contribution in [3.63, 3.8) is 0 Å². The number of carbonyl (C=O) groups is 1. The Balaban J connectivity index is 1.30. The van der Waals surface area contributed by atoms with Crippen LogP contribution in [0.25, 0.3) is 11.3 Å². The number of nitrogens with zero attached hydrogens (tertiary/aromatic N) is 4. The normalized spacial score (nSPS) is 13.7. The van der Waals surface area contributed by atoms with Crippen molar-refractivity contribution < 1.29 is 14.3 Å². The first kappa shape index (κ1) is 21.6. The molecule has 1 saturated heterocycles. The van der Waals surface area contributed by atoms with Gasteiger partial charge in [0.1, 0.15) is 11.5 Å². The average molecular weight is 433 g/mol. The van der Waals surface area contributed by atoms with Gasteiger partial charge in [-0.2, -0.15) is 0 Å². The molecular weight excluding hydrogens is 404 g/mol. The Labute approximate surface area is 188 Å². The largest absolute Gasteiger partial charge is 0.497 e. The fourth-order valence-corrected chi connectivity index (χ4v) is 3.71. The second-order valence-electron chi connectivity index (χ2n) is 7.86. The maximum atomic E-state index is 12.6. The summed E-state index contributed by atoms with van der Waals surface area (Å²) >= 11 is 0. The van der Waals surface area contributed by atoms with E-state index < -0.39 is 0 Å². The highest BCUT2D eigenvalue weighted by molar-refractivity contribution is 5.78. The Morgan fingerprint density at radius 3 is 2.34 bits per heavy atom. The third kappa shape index (κ3) is 4.82. The molecule has 7 nitrogen and oxygen atoms in total. The molecule has 1 aliphatic rings. The molecule has 0 aliphatic carbocycles. The van der Waals surface area contributed by atoms with E-state index in [0.29, 0.717) is 26.2 Å². The van der Waals surface area contributed by atoms with Crippen molar-refractivity contribution in [1.29, 1.82) is 0 Å². The number of aryl methyl sites for hydroxylation is 1. The SMILES string of the molecule is COc1ccc(-c2ccc(N3CCN(C(=O)COc4cccc(C)c4C)CC3)nn2)cc1. The summed E-state index contributed by atoms with van der Waals surface area (Å²) in [6, 6.07) is 17.6. The van der Waals surface area contributed by atoms with Crippen molar-refractivity contribution in [2.45, 2.75) is 13.8 Å². The second-order valence-corrected chi connectivity index (χ2v) is 7.86. The number of methoxy groups -OCH3 is 1. The molecule has 0 bridgehead atoms. The van der Waals surface area contributed by atoms with Crippen molar-refractivity contribution in [1.82, 2.24) is 15.1 Å². The van der Waals surface area contributed by atoms with Crippen LogP contribution in [-0.4, -0.2) is 60.9 Å². The fourth-order valence-electron chi connectivity index (χ4n) is 3.71. The molecule has 4 rings (SSSR count). The lowest BCUT2D eigenvalue weighted by molar-refractivity contribution is -0.133. The Morgan fingerprint density at radius 1 is 0.938 bits per heavy atom. The van der Waals surface area contributed by atoms with E-state index in [-0.39, 0.29) is 12.5 Å². The van der Waals surface area contributed by atoms with E-state index in [2.05, 4.69) is 15.1 Å². The number of anilines is 1. The highest BCUT2D eigenvalue weighted by Gasteiger charge is 2.22. The molecule has 2 aromatic carbocycles. The first-order valence-corrected chi connectivity index (χ1v) is 10.7. The Morgan fingerprint density at radius 2 is 1.69 bits per heavy atom. The van der Waals surface area contributed by atoms with Gasteiger partial charge in [-0.15, -0.1) is 10.2 Å². The molecule has 2 heterocycles. The van der Waals surface area contributed by atoms with E-state index >= 15 is 0 Å². The predicted molar refractivity (Wildman–Crippen MR) is 124 cm³/mol. The molecule has 1 fully saturated rings. The van der Waals surface area contributed by atoms with Gasteiger partial charge in [0.2, 0.25) is 0 Å². The van der Waals surface area contributed by atoms with Crippen molar-refractivity contribution in [3.8, 4) is 22.8 Å².